The van der Waals surface area contributed by atoms with Crippen LogP contribution in [0.4, 0.5) is 0 Å². The number of rotatable bonds is 5. The highest BCUT2D eigenvalue weighted by atomic mass is 16.5. The van der Waals surface area contributed by atoms with Crippen LogP contribution in [0.1, 0.15) is 25.0 Å². The summed E-state index contributed by atoms with van der Waals surface area (Å²) >= 11 is 0. The molecule has 0 fully saturated rings. The van der Waals surface area contributed by atoms with Crippen molar-refractivity contribution >= 4 is 5.97 Å². The van der Waals surface area contributed by atoms with Gasteiger partial charge in [-0.05, 0) is 38.0 Å². The first-order valence-corrected chi connectivity index (χ1v) is 5.49. The van der Waals surface area contributed by atoms with Gasteiger partial charge in [0, 0.05) is 6.54 Å². The molecule has 0 bridgehead atoms. The number of carboxylic acid groups (broad SMARTS) is 1. The second kappa shape index (κ2) is 5.19. The molecule has 1 aromatic rings. The van der Waals surface area contributed by atoms with E-state index in [0.717, 1.165) is 16.9 Å². The third-order valence-corrected chi connectivity index (χ3v) is 2.87. The Morgan fingerprint density at radius 2 is 2.12 bits per heavy atom. The fraction of sp³-hybridized carbons (Fsp3) is 0.462. The van der Waals surface area contributed by atoms with Crippen LogP contribution in [0.3, 0.4) is 0 Å². The average molecular weight is 237 g/mol. The van der Waals surface area contributed by atoms with Crippen molar-refractivity contribution in [3.05, 3.63) is 29.3 Å². The molecule has 0 aromatic heterocycles. The first kappa shape index (κ1) is 13.5. The SMILES string of the molecule is COc1cccc(CNC(C)(C)C(=O)O)c1C. The number of benzene rings is 1. The molecule has 1 aromatic carbocycles. The Hall–Kier alpha value is -1.55. The summed E-state index contributed by atoms with van der Waals surface area (Å²) in [4.78, 5) is 11.0. The van der Waals surface area contributed by atoms with Crippen LogP contribution in [-0.4, -0.2) is 23.7 Å². The number of carboxylic acids is 1. The third kappa shape index (κ3) is 3.20. The summed E-state index contributed by atoms with van der Waals surface area (Å²) in [6, 6.07) is 5.75. The van der Waals surface area contributed by atoms with Gasteiger partial charge >= 0.3 is 5.97 Å². The van der Waals surface area contributed by atoms with E-state index in [1.54, 1.807) is 21.0 Å². The second-order valence-corrected chi connectivity index (χ2v) is 4.53. The molecule has 0 saturated carbocycles. The number of methoxy groups -OCH3 is 1. The zero-order chi connectivity index (χ0) is 13.1. The van der Waals surface area contributed by atoms with Crippen molar-refractivity contribution in [2.75, 3.05) is 7.11 Å². The minimum absolute atomic E-state index is 0.502. The van der Waals surface area contributed by atoms with E-state index in [-0.39, 0.29) is 0 Å². The summed E-state index contributed by atoms with van der Waals surface area (Å²) in [6.45, 7) is 5.75. The van der Waals surface area contributed by atoms with Gasteiger partial charge in [0.2, 0.25) is 0 Å². The largest absolute Gasteiger partial charge is 0.496 e. The topological polar surface area (TPSA) is 58.6 Å². The minimum Gasteiger partial charge on any atom is -0.496 e. The molecule has 1 rings (SSSR count). The highest BCUT2D eigenvalue weighted by Crippen LogP contribution is 2.21. The van der Waals surface area contributed by atoms with E-state index in [1.165, 1.54) is 0 Å². The van der Waals surface area contributed by atoms with Crippen molar-refractivity contribution in [2.24, 2.45) is 0 Å². The fourth-order valence-corrected chi connectivity index (χ4v) is 1.46. The van der Waals surface area contributed by atoms with Gasteiger partial charge in [-0.25, -0.2) is 0 Å². The Bertz CT molecular complexity index is 413. The summed E-state index contributed by atoms with van der Waals surface area (Å²) < 4.78 is 5.22. The lowest BCUT2D eigenvalue weighted by atomic mass is 10.0. The Labute approximate surface area is 102 Å². The van der Waals surface area contributed by atoms with Gasteiger partial charge < -0.3 is 9.84 Å². The monoisotopic (exact) mass is 237 g/mol. The lowest BCUT2D eigenvalue weighted by Gasteiger charge is -2.22. The predicted octanol–water partition coefficient (Wildman–Crippen LogP) is 1.96. The highest BCUT2D eigenvalue weighted by Gasteiger charge is 2.26. The summed E-state index contributed by atoms with van der Waals surface area (Å²) in [6.07, 6.45) is 0. The van der Waals surface area contributed by atoms with Crippen LogP contribution in [0.5, 0.6) is 5.75 Å². The Morgan fingerprint density at radius 1 is 1.47 bits per heavy atom. The third-order valence-electron chi connectivity index (χ3n) is 2.87. The van der Waals surface area contributed by atoms with E-state index in [0.29, 0.717) is 6.54 Å². The van der Waals surface area contributed by atoms with Gasteiger partial charge in [0.1, 0.15) is 11.3 Å². The van der Waals surface area contributed by atoms with Gasteiger partial charge in [-0.1, -0.05) is 12.1 Å². The summed E-state index contributed by atoms with van der Waals surface area (Å²) in [5.74, 6) is -0.0459. The Morgan fingerprint density at radius 3 is 2.65 bits per heavy atom. The van der Waals surface area contributed by atoms with Crippen LogP contribution in [0.25, 0.3) is 0 Å². The summed E-state index contributed by atoms with van der Waals surface area (Å²) in [7, 11) is 1.63. The van der Waals surface area contributed by atoms with Gasteiger partial charge in [0.15, 0.2) is 0 Å². The number of hydrogen-bond acceptors (Lipinski definition) is 3. The van der Waals surface area contributed by atoms with E-state index >= 15 is 0 Å². The molecule has 94 valence electrons. The van der Waals surface area contributed by atoms with E-state index in [2.05, 4.69) is 5.32 Å². The van der Waals surface area contributed by atoms with E-state index in [1.807, 2.05) is 25.1 Å². The van der Waals surface area contributed by atoms with Crippen LogP contribution in [0.15, 0.2) is 18.2 Å². The molecule has 0 aliphatic heterocycles. The van der Waals surface area contributed by atoms with E-state index < -0.39 is 11.5 Å². The molecule has 4 nitrogen and oxygen atoms in total. The molecule has 0 radical (unpaired) electrons. The molecule has 0 atom stereocenters. The number of carbonyl (C=O) groups is 1. The average Bonchev–Trinajstić information content (AvgIpc) is 2.27. The highest BCUT2D eigenvalue weighted by molar-refractivity contribution is 5.77. The maximum absolute atomic E-state index is 11.0. The molecular weight excluding hydrogens is 218 g/mol. The lowest BCUT2D eigenvalue weighted by molar-refractivity contribution is -0.143. The molecule has 0 spiro atoms. The van der Waals surface area contributed by atoms with Gasteiger partial charge in [-0.3, -0.25) is 10.1 Å². The molecule has 0 aliphatic carbocycles. The van der Waals surface area contributed by atoms with Gasteiger partial charge in [0.05, 0.1) is 7.11 Å². The quantitative estimate of drug-likeness (QED) is 0.822. The lowest BCUT2D eigenvalue weighted by Crippen LogP contribution is -2.46. The molecule has 0 amide bonds. The van der Waals surface area contributed by atoms with Crippen molar-refractivity contribution < 1.29 is 14.6 Å². The van der Waals surface area contributed by atoms with Gasteiger partial charge in [-0.15, -0.1) is 0 Å². The Balaban J connectivity index is 2.80. The molecular formula is C13H19NO3. The smallest absolute Gasteiger partial charge is 0.323 e. The molecule has 4 heteroatoms. The molecule has 17 heavy (non-hydrogen) atoms. The predicted molar refractivity (Wildman–Crippen MR) is 66.3 cm³/mol. The van der Waals surface area contributed by atoms with Crippen molar-refractivity contribution in [2.45, 2.75) is 32.9 Å². The second-order valence-electron chi connectivity index (χ2n) is 4.53. The normalized spacial score (nSPS) is 11.3. The van der Waals surface area contributed by atoms with Crippen LogP contribution < -0.4 is 10.1 Å². The van der Waals surface area contributed by atoms with Crippen molar-refractivity contribution in [3.8, 4) is 5.75 Å². The number of nitrogens with one attached hydrogen (secondary N) is 1. The molecule has 0 unspecified atom stereocenters. The van der Waals surface area contributed by atoms with E-state index in [4.69, 9.17) is 9.84 Å². The molecule has 0 aliphatic rings. The van der Waals surface area contributed by atoms with Crippen LogP contribution >= 0.6 is 0 Å². The first-order chi connectivity index (χ1) is 7.88. The molecule has 2 N–H and O–H groups in total. The maximum atomic E-state index is 11.0. The zero-order valence-corrected chi connectivity index (χ0v) is 10.7. The minimum atomic E-state index is -0.935. The Kier molecular flexibility index (Phi) is 4.12. The number of aliphatic carboxylic acids is 1. The summed E-state index contributed by atoms with van der Waals surface area (Å²) in [5.41, 5.74) is 1.14. The van der Waals surface area contributed by atoms with Crippen molar-refractivity contribution in [1.29, 1.82) is 0 Å². The summed E-state index contributed by atoms with van der Waals surface area (Å²) in [5, 5.41) is 12.0. The molecule has 0 heterocycles. The maximum Gasteiger partial charge on any atom is 0.323 e. The van der Waals surface area contributed by atoms with E-state index in [9.17, 15) is 4.79 Å². The van der Waals surface area contributed by atoms with Gasteiger partial charge in [0.25, 0.3) is 0 Å². The molecule has 0 saturated heterocycles. The van der Waals surface area contributed by atoms with Crippen LogP contribution in [0, 0.1) is 6.92 Å². The standard InChI is InChI=1S/C13H19NO3/c1-9-10(6-5-7-11(9)17-4)8-14-13(2,3)12(15)16/h5-7,14H,8H2,1-4H3,(H,15,16). The van der Waals surface area contributed by atoms with Crippen molar-refractivity contribution in [3.63, 3.8) is 0 Å². The van der Waals surface area contributed by atoms with Crippen LogP contribution in [-0.2, 0) is 11.3 Å². The van der Waals surface area contributed by atoms with Gasteiger partial charge in [-0.2, -0.15) is 0 Å². The van der Waals surface area contributed by atoms with Crippen LogP contribution in [0.2, 0.25) is 0 Å². The van der Waals surface area contributed by atoms with Crippen molar-refractivity contribution in [1.82, 2.24) is 5.32 Å². The number of hydrogen-bond donors (Lipinski definition) is 2. The fourth-order valence-electron chi connectivity index (χ4n) is 1.46. The first-order valence-electron chi connectivity index (χ1n) is 5.49. The number of ether oxygens (including phenoxy) is 1. The zero-order valence-electron chi connectivity index (χ0n) is 10.7.